The first-order chi connectivity index (χ1) is 11.4. The molecular formula is C18H25N3O3. The number of amides is 1. The van der Waals surface area contributed by atoms with E-state index in [0.717, 1.165) is 47.8 Å². The van der Waals surface area contributed by atoms with E-state index in [1.807, 2.05) is 39.6 Å². The maximum absolute atomic E-state index is 13.2. The van der Waals surface area contributed by atoms with Crippen molar-refractivity contribution in [2.45, 2.75) is 46.6 Å². The Morgan fingerprint density at radius 1 is 1.25 bits per heavy atom. The molecular weight excluding hydrogens is 306 g/mol. The third-order valence-corrected chi connectivity index (χ3v) is 5.03. The maximum atomic E-state index is 13.2. The average Bonchev–Trinajstić information content (AvgIpc) is 3.16. The average molecular weight is 331 g/mol. The van der Waals surface area contributed by atoms with Gasteiger partial charge in [-0.2, -0.15) is 5.10 Å². The third kappa shape index (κ3) is 2.41. The van der Waals surface area contributed by atoms with E-state index in [9.17, 15) is 4.79 Å². The molecule has 1 atom stereocenters. The van der Waals surface area contributed by atoms with Gasteiger partial charge in [-0.25, -0.2) is 4.68 Å². The summed E-state index contributed by atoms with van der Waals surface area (Å²) in [5.41, 5.74) is 3.55. The topological polar surface area (TPSA) is 60.5 Å². The maximum Gasteiger partial charge on any atom is 0.258 e. The van der Waals surface area contributed by atoms with Gasteiger partial charge >= 0.3 is 0 Å². The summed E-state index contributed by atoms with van der Waals surface area (Å²) in [5.74, 6) is 2.26. The highest BCUT2D eigenvalue weighted by Gasteiger charge is 2.37. The van der Waals surface area contributed by atoms with Gasteiger partial charge in [0.2, 0.25) is 5.88 Å². The molecule has 24 heavy (non-hydrogen) atoms. The van der Waals surface area contributed by atoms with E-state index >= 15 is 0 Å². The number of carbonyl (C=O) groups excluding carboxylic acids is 1. The van der Waals surface area contributed by atoms with Crippen LogP contribution in [0.25, 0.3) is 0 Å². The van der Waals surface area contributed by atoms with Crippen LogP contribution in [0.2, 0.25) is 0 Å². The van der Waals surface area contributed by atoms with Crippen LogP contribution in [0, 0.1) is 27.7 Å². The predicted octanol–water partition coefficient (Wildman–Crippen LogP) is 3.23. The normalized spacial score (nSPS) is 17.6. The van der Waals surface area contributed by atoms with Crippen molar-refractivity contribution in [1.82, 2.24) is 14.7 Å². The molecule has 0 bridgehead atoms. The van der Waals surface area contributed by atoms with Crippen molar-refractivity contribution in [3.8, 4) is 5.88 Å². The van der Waals surface area contributed by atoms with Crippen molar-refractivity contribution in [3.05, 3.63) is 33.9 Å². The van der Waals surface area contributed by atoms with E-state index in [2.05, 4.69) is 5.10 Å². The number of rotatable bonds is 3. The first-order valence-electron chi connectivity index (χ1n) is 8.31. The number of nitrogens with zero attached hydrogens (tertiary/aromatic N) is 3. The van der Waals surface area contributed by atoms with Crippen LogP contribution in [0.1, 0.15) is 57.6 Å². The van der Waals surface area contributed by atoms with Crippen molar-refractivity contribution in [2.75, 3.05) is 13.7 Å². The van der Waals surface area contributed by atoms with E-state index in [1.165, 1.54) is 0 Å². The lowest BCUT2D eigenvalue weighted by Crippen LogP contribution is -2.31. The van der Waals surface area contributed by atoms with E-state index in [0.29, 0.717) is 11.3 Å². The predicted molar refractivity (Wildman–Crippen MR) is 90.4 cm³/mol. The lowest BCUT2D eigenvalue weighted by molar-refractivity contribution is 0.0731. The molecule has 0 unspecified atom stereocenters. The molecule has 130 valence electrons. The number of aryl methyl sites for hydroxylation is 4. The fourth-order valence-corrected chi connectivity index (χ4v) is 3.84. The van der Waals surface area contributed by atoms with Gasteiger partial charge in [-0.1, -0.05) is 0 Å². The number of furan rings is 1. The molecule has 2 aromatic heterocycles. The van der Waals surface area contributed by atoms with Gasteiger partial charge < -0.3 is 14.1 Å². The Morgan fingerprint density at radius 2 is 1.96 bits per heavy atom. The van der Waals surface area contributed by atoms with Crippen molar-refractivity contribution >= 4 is 5.91 Å². The smallest absolute Gasteiger partial charge is 0.258 e. The van der Waals surface area contributed by atoms with Crippen molar-refractivity contribution in [1.29, 1.82) is 0 Å². The molecule has 0 spiro atoms. The van der Waals surface area contributed by atoms with Gasteiger partial charge in [-0.05, 0) is 40.5 Å². The summed E-state index contributed by atoms with van der Waals surface area (Å²) in [6, 6.07) is -0.00449. The van der Waals surface area contributed by atoms with Gasteiger partial charge in [0.15, 0.2) is 0 Å². The summed E-state index contributed by atoms with van der Waals surface area (Å²) in [5, 5.41) is 4.47. The molecule has 0 N–H and O–H groups in total. The SMILES string of the molecule is COc1c([C@@H]2CCCN2C(=O)c2c(C)oc(C)c2C)c(C)nn1C. The highest BCUT2D eigenvalue weighted by molar-refractivity contribution is 5.97. The Bertz CT molecular complexity index is 788. The number of likely N-dealkylation sites (tertiary alicyclic amines) is 1. The molecule has 3 rings (SSSR count). The zero-order chi connectivity index (χ0) is 17.6. The monoisotopic (exact) mass is 331 g/mol. The van der Waals surface area contributed by atoms with Crippen molar-refractivity contribution < 1.29 is 13.9 Å². The molecule has 1 aliphatic heterocycles. The third-order valence-electron chi connectivity index (χ3n) is 5.03. The lowest BCUT2D eigenvalue weighted by Gasteiger charge is -2.25. The molecule has 0 aromatic carbocycles. The Kier molecular flexibility index (Phi) is 4.15. The Morgan fingerprint density at radius 3 is 2.54 bits per heavy atom. The van der Waals surface area contributed by atoms with Crippen LogP contribution in [-0.2, 0) is 7.05 Å². The van der Waals surface area contributed by atoms with E-state index in [1.54, 1.807) is 11.8 Å². The van der Waals surface area contributed by atoms with Crippen LogP contribution in [0.15, 0.2) is 4.42 Å². The number of aromatic nitrogens is 2. The molecule has 1 aliphatic rings. The second kappa shape index (κ2) is 6.00. The minimum Gasteiger partial charge on any atom is -0.481 e. The van der Waals surface area contributed by atoms with Gasteiger partial charge in [0.1, 0.15) is 11.5 Å². The van der Waals surface area contributed by atoms with Gasteiger partial charge in [0.25, 0.3) is 5.91 Å². The minimum absolute atomic E-state index is 0.00449. The highest BCUT2D eigenvalue weighted by Crippen LogP contribution is 2.40. The number of carbonyl (C=O) groups is 1. The quantitative estimate of drug-likeness (QED) is 0.866. The molecule has 0 saturated carbocycles. The summed E-state index contributed by atoms with van der Waals surface area (Å²) in [4.78, 5) is 15.1. The fourth-order valence-electron chi connectivity index (χ4n) is 3.84. The molecule has 0 radical (unpaired) electrons. The standard InChI is InChI=1S/C18H25N3O3/c1-10-12(3)24-13(4)15(10)17(22)21-9-7-8-14(21)16-11(2)19-20(5)18(16)23-6/h14H,7-9H2,1-6H3/t14-/m0/s1. The van der Waals surface area contributed by atoms with Crippen LogP contribution in [0.3, 0.4) is 0 Å². The zero-order valence-corrected chi connectivity index (χ0v) is 15.3. The number of methoxy groups -OCH3 is 1. The van der Waals surface area contributed by atoms with Crippen LogP contribution in [-0.4, -0.2) is 34.2 Å². The van der Waals surface area contributed by atoms with E-state index in [-0.39, 0.29) is 11.9 Å². The number of hydrogen-bond acceptors (Lipinski definition) is 4. The second-order valence-corrected chi connectivity index (χ2v) is 6.50. The summed E-state index contributed by atoms with van der Waals surface area (Å²) >= 11 is 0. The van der Waals surface area contributed by atoms with Gasteiger partial charge in [0.05, 0.1) is 30.0 Å². The van der Waals surface area contributed by atoms with Crippen LogP contribution < -0.4 is 4.74 Å². The second-order valence-electron chi connectivity index (χ2n) is 6.50. The highest BCUT2D eigenvalue weighted by atomic mass is 16.5. The first-order valence-corrected chi connectivity index (χ1v) is 8.31. The molecule has 0 aliphatic carbocycles. The lowest BCUT2D eigenvalue weighted by atomic mass is 10.0. The van der Waals surface area contributed by atoms with Crippen LogP contribution in [0.4, 0.5) is 0 Å². The fraction of sp³-hybridized carbons (Fsp3) is 0.556. The molecule has 2 aromatic rings. The molecule has 3 heterocycles. The number of ether oxygens (including phenoxy) is 1. The van der Waals surface area contributed by atoms with Crippen LogP contribution >= 0.6 is 0 Å². The Labute approximate surface area is 142 Å². The van der Waals surface area contributed by atoms with Crippen LogP contribution in [0.5, 0.6) is 5.88 Å². The molecule has 6 nitrogen and oxygen atoms in total. The molecule has 1 fully saturated rings. The summed E-state index contributed by atoms with van der Waals surface area (Å²) < 4.78 is 12.9. The van der Waals surface area contributed by atoms with E-state index in [4.69, 9.17) is 9.15 Å². The van der Waals surface area contributed by atoms with Gasteiger partial charge in [-0.3, -0.25) is 4.79 Å². The number of hydrogen-bond donors (Lipinski definition) is 0. The van der Waals surface area contributed by atoms with Crippen molar-refractivity contribution in [3.63, 3.8) is 0 Å². The summed E-state index contributed by atoms with van der Waals surface area (Å²) in [7, 11) is 3.51. The molecule has 1 amide bonds. The van der Waals surface area contributed by atoms with Gasteiger partial charge in [0, 0.05) is 19.2 Å². The Balaban J connectivity index is 2.01. The minimum atomic E-state index is -0.00449. The van der Waals surface area contributed by atoms with Gasteiger partial charge in [-0.15, -0.1) is 0 Å². The summed E-state index contributed by atoms with van der Waals surface area (Å²) in [6.45, 7) is 8.41. The first kappa shape index (κ1) is 16.6. The summed E-state index contributed by atoms with van der Waals surface area (Å²) in [6.07, 6.45) is 1.90. The largest absolute Gasteiger partial charge is 0.481 e. The van der Waals surface area contributed by atoms with Crippen molar-refractivity contribution in [2.24, 2.45) is 7.05 Å². The molecule has 6 heteroatoms. The van der Waals surface area contributed by atoms with E-state index < -0.39 is 0 Å². The zero-order valence-electron chi connectivity index (χ0n) is 15.3. The molecule has 1 saturated heterocycles. The Hall–Kier alpha value is -2.24.